The Labute approximate surface area is 469 Å². The van der Waals surface area contributed by atoms with Gasteiger partial charge >= 0.3 is 5.97 Å². The Hall–Kier alpha value is -4.70. The van der Waals surface area contributed by atoms with E-state index in [9.17, 15) is 38.8 Å². The summed E-state index contributed by atoms with van der Waals surface area (Å²) in [5.74, 6) is -8.33. The number of rotatable bonds is 10. The summed E-state index contributed by atoms with van der Waals surface area (Å²) in [4.78, 5) is 73.1. The average Bonchev–Trinajstić information content (AvgIpc) is 3.46. The molecule has 0 aromatic heterocycles. The topological polar surface area (TPSA) is 201 Å². The quantitative estimate of drug-likeness (QED) is 0.130. The van der Waals surface area contributed by atoms with E-state index in [4.69, 9.17) is 28.2 Å². The van der Waals surface area contributed by atoms with Gasteiger partial charge in [0.25, 0.3) is 19.1 Å². The zero-order valence-corrected chi connectivity index (χ0v) is 49.1. The van der Waals surface area contributed by atoms with Gasteiger partial charge in [-0.05, 0) is 131 Å². The number of Topliss-reactive ketones (excluding diaryl/α,β-unsaturated/α-hetero) is 3. The minimum atomic E-state index is -3.55. The molecule has 15 atom stereocenters. The van der Waals surface area contributed by atoms with Gasteiger partial charge in [0.15, 0.2) is 11.6 Å². The number of cyclic esters (lactones) is 1. The minimum Gasteiger partial charge on any atom is -0.460 e. The van der Waals surface area contributed by atoms with E-state index in [-0.39, 0.29) is 42.8 Å². The van der Waals surface area contributed by atoms with E-state index in [1.165, 1.54) is 12.0 Å². The largest absolute Gasteiger partial charge is 0.460 e. The van der Waals surface area contributed by atoms with Crippen molar-refractivity contribution in [2.24, 2.45) is 35.5 Å². The molecule has 3 unspecified atom stereocenters. The summed E-state index contributed by atoms with van der Waals surface area (Å²) < 4.78 is 51.9. The van der Waals surface area contributed by atoms with Crippen LogP contribution in [-0.4, -0.2) is 127 Å². The molecule has 0 spiro atoms. The molecule has 2 bridgehead atoms. The highest BCUT2D eigenvalue weighted by Gasteiger charge is 2.53. The smallest absolute Gasteiger partial charge is 0.329 e. The lowest BCUT2D eigenvalue weighted by Gasteiger charge is -2.42. The second-order valence-electron chi connectivity index (χ2n) is 22.9. The van der Waals surface area contributed by atoms with E-state index in [0.717, 1.165) is 5.57 Å². The molecule has 3 aliphatic heterocycles. The molecule has 2 saturated heterocycles. The molecular formula is C63H88NO14P. The molecule has 1 aliphatic carbocycles. The van der Waals surface area contributed by atoms with Gasteiger partial charge in [-0.15, -0.1) is 0 Å². The van der Waals surface area contributed by atoms with Gasteiger partial charge in [0.1, 0.15) is 18.2 Å². The van der Waals surface area contributed by atoms with E-state index >= 15 is 0 Å². The van der Waals surface area contributed by atoms with E-state index < -0.39 is 103 Å². The number of aliphatic hydroxyl groups excluding tert-OH is 1. The van der Waals surface area contributed by atoms with Crippen molar-refractivity contribution in [2.75, 3.05) is 27.9 Å². The Morgan fingerprint density at radius 3 is 2.09 bits per heavy atom. The Bertz CT molecular complexity index is 2500. The van der Waals surface area contributed by atoms with Crippen molar-refractivity contribution in [1.82, 2.24) is 4.90 Å². The summed E-state index contributed by atoms with van der Waals surface area (Å²) in [6.07, 6.45) is 10.7. The predicted molar refractivity (Wildman–Crippen MR) is 304 cm³/mol. The molecule has 3 fully saturated rings. The van der Waals surface area contributed by atoms with Crippen LogP contribution in [-0.2, 0) is 56.7 Å². The summed E-state index contributed by atoms with van der Waals surface area (Å²) in [6, 6.07) is 17.2. The maximum Gasteiger partial charge on any atom is 0.329 e. The van der Waals surface area contributed by atoms with Gasteiger partial charge in [-0.3, -0.25) is 23.7 Å². The first-order valence-corrected chi connectivity index (χ1v) is 30.2. The molecule has 16 heteroatoms. The normalized spacial score (nSPS) is 33.3. The van der Waals surface area contributed by atoms with Crippen LogP contribution in [0.1, 0.15) is 126 Å². The molecule has 434 valence electrons. The first-order valence-electron chi connectivity index (χ1n) is 28.5. The molecule has 15 nitrogen and oxygen atoms in total. The van der Waals surface area contributed by atoms with Crippen LogP contribution < -0.4 is 10.6 Å². The summed E-state index contributed by atoms with van der Waals surface area (Å²) in [6.45, 7) is 12.7. The summed E-state index contributed by atoms with van der Waals surface area (Å²) >= 11 is 0. The van der Waals surface area contributed by atoms with Crippen molar-refractivity contribution in [3.8, 4) is 0 Å². The number of nitrogens with zero attached hydrogens (tertiary/aromatic N) is 1. The summed E-state index contributed by atoms with van der Waals surface area (Å²) in [5.41, 5.74) is 1.16. The number of methoxy groups -OCH3 is 3. The van der Waals surface area contributed by atoms with E-state index in [1.807, 2.05) is 119 Å². The second-order valence-corrected chi connectivity index (χ2v) is 25.2. The van der Waals surface area contributed by atoms with Crippen LogP contribution in [0.4, 0.5) is 0 Å². The second kappa shape index (κ2) is 29.3. The zero-order chi connectivity index (χ0) is 57.6. The van der Waals surface area contributed by atoms with E-state index in [2.05, 4.69) is 0 Å². The van der Waals surface area contributed by atoms with Crippen molar-refractivity contribution in [2.45, 2.75) is 180 Å². The van der Waals surface area contributed by atoms with E-state index in [0.29, 0.717) is 80.4 Å². The molecule has 79 heavy (non-hydrogen) atoms. The Morgan fingerprint density at radius 2 is 1.46 bits per heavy atom. The lowest BCUT2D eigenvalue weighted by molar-refractivity contribution is -0.265. The lowest BCUT2D eigenvalue weighted by Crippen LogP contribution is -2.61. The zero-order valence-electron chi connectivity index (χ0n) is 48.2. The third-order valence-electron chi connectivity index (χ3n) is 16.9. The van der Waals surface area contributed by atoms with Crippen LogP contribution in [0.15, 0.2) is 108 Å². The van der Waals surface area contributed by atoms with Gasteiger partial charge in [-0.2, -0.15) is 0 Å². The molecule has 3 heterocycles. The number of piperidine rings is 1. The number of amides is 1. The van der Waals surface area contributed by atoms with Crippen molar-refractivity contribution in [3.63, 3.8) is 0 Å². The van der Waals surface area contributed by atoms with Crippen molar-refractivity contribution >= 4 is 47.2 Å². The third kappa shape index (κ3) is 16.1. The minimum absolute atomic E-state index is 0.00302. The van der Waals surface area contributed by atoms with Crippen molar-refractivity contribution in [1.29, 1.82) is 0 Å². The molecular weight excluding hydrogens is 1030 g/mol. The van der Waals surface area contributed by atoms with Crippen molar-refractivity contribution in [3.05, 3.63) is 108 Å². The van der Waals surface area contributed by atoms with Gasteiger partial charge in [0.05, 0.1) is 30.5 Å². The molecule has 6 rings (SSSR count). The first-order chi connectivity index (χ1) is 37.6. The number of fused-ring (bicyclic) bond motifs is 3. The first kappa shape index (κ1) is 63.5. The maximum atomic E-state index is 15.0. The maximum absolute atomic E-state index is 15.0. The number of aliphatic hydroxyl groups is 2. The van der Waals surface area contributed by atoms with Crippen LogP contribution in [0.25, 0.3) is 0 Å². The van der Waals surface area contributed by atoms with Crippen LogP contribution in [0.5, 0.6) is 0 Å². The molecule has 2 aromatic rings. The summed E-state index contributed by atoms with van der Waals surface area (Å²) in [7, 11) is 1.02. The Kier molecular flexibility index (Phi) is 23.6. The summed E-state index contributed by atoms with van der Waals surface area (Å²) in [5, 5.41) is 24.9. The van der Waals surface area contributed by atoms with Crippen LogP contribution in [0.3, 0.4) is 0 Å². The fourth-order valence-electron chi connectivity index (χ4n) is 11.9. The molecule has 1 amide bonds. The predicted octanol–water partition coefficient (Wildman–Crippen LogP) is 9.13. The Morgan fingerprint density at radius 1 is 0.785 bits per heavy atom. The van der Waals surface area contributed by atoms with Gasteiger partial charge in [-0.25, -0.2) is 4.79 Å². The molecule has 4 aliphatic rings. The van der Waals surface area contributed by atoms with E-state index in [1.54, 1.807) is 41.1 Å². The fraction of sp³-hybridized carbons (Fsp3) is 0.603. The fourth-order valence-corrected chi connectivity index (χ4v) is 14.2. The number of ether oxygens (including phenoxy) is 5. The van der Waals surface area contributed by atoms with Gasteiger partial charge in [-0.1, -0.05) is 107 Å². The Balaban J connectivity index is 1.29. The number of carbonyl (C=O) groups is 5. The number of allylic oxidation sites excluding steroid dienone is 6. The molecule has 2 aromatic carbocycles. The van der Waals surface area contributed by atoms with Crippen LogP contribution in [0.2, 0.25) is 0 Å². The number of carbonyl (C=O) groups excluding carboxylic acids is 5. The average molecular weight is 1110 g/mol. The van der Waals surface area contributed by atoms with Crippen LogP contribution in [0, 0.1) is 35.5 Å². The standard InChI is InChI=1S/C63H88NO14P/c1-40-22-14-11-15-23-41(2)54(73-8)38-48-31-29-46(7)63(71,77-48)60(68)61(69)64-33-21-20-28-51(64)62(70)76-55(39-52(65)42(3)35-45(6)58(67)59(75-10)57(66)44(5)34-40)43(4)36-47-30-32-53(56(37-47)74-9)78-79(72,49-24-16-12-17-25-49)50-26-18-13-19-27-50/h11-19,22-27,35,40,43-48,51,53-56,58-59,67,71H,20-21,28-34,36-39H2,1-10H3/t40-,43-,44-,45?,46-,47+,48?,51?,53-,54+,55+,56-,58-,59+,63-/m1/s1. The number of esters is 1. The van der Waals surface area contributed by atoms with Gasteiger partial charge in [0.2, 0.25) is 5.79 Å². The molecule has 1 saturated carbocycles. The highest BCUT2D eigenvalue weighted by atomic mass is 31.2. The third-order valence-corrected chi connectivity index (χ3v) is 19.5. The number of hydrogen-bond acceptors (Lipinski definition) is 14. The van der Waals surface area contributed by atoms with Gasteiger partial charge in [0, 0.05) is 69.1 Å². The monoisotopic (exact) mass is 1110 g/mol. The number of benzene rings is 2. The number of hydrogen-bond donors (Lipinski definition) is 2. The van der Waals surface area contributed by atoms with Gasteiger partial charge < -0.3 is 43.3 Å². The molecule has 0 radical (unpaired) electrons. The highest BCUT2D eigenvalue weighted by molar-refractivity contribution is 7.74. The lowest BCUT2D eigenvalue weighted by atomic mass is 9.78. The SMILES string of the molecule is CO[C@H]1CC2CC[C@@H](C)[C@@](O)(O2)C(=O)C(=O)N2CCCCC2C(=O)O[C@H]([C@H](C)C[C@@H]2CC[C@@H](OP(=O)(c3ccccc3)c3ccccc3)[C@H](OC)C2)CC(=O)C(C)=CC(C)[C@@H](O)[C@@H](OC)C(=O)[C@H](C)C[C@H](C)C=CC=CC=C1C. The van der Waals surface area contributed by atoms with Crippen LogP contribution >= 0.6 is 7.37 Å². The van der Waals surface area contributed by atoms with Crippen molar-refractivity contribution < 1.29 is 67.0 Å². The number of ketones is 3. The highest BCUT2D eigenvalue weighted by Crippen LogP contribution is 2.49. The molecule has 2 N–H and O–H groups in total.